The molecule has 0 saturated carbocycles. The van der Waals surface area contributed by atoms with E-state index in [1.807, 2.05) is 6.08 Å². The summed E-state index contributed by atoms with van der Waals surface area (Å²) in [5.41, 5.74) is 0.645. The molecule has 1 fully saturated rings. The van der Waals surface area contributed by atoms with Crippen LogP contribution in [0.25, 0.3) is 0 Å². The lowest BCUT2D eigenvalue weighted by Gasteiger charge is -2.28. The molecule has 0 aromatic heterocycles. The van der Waals surface area contributed by atoms with Crippen LogP contribution in [0.2, 0.25) is 0 Å². The first-order valence-corrected chi connectivity index (χ1v) is 6.09. The van der Waals surface area contributed by atoms with E-state index < -0.39 is 0 Å². The molecule has 0 aliphatic carbocycles. The lowest BCUT2D eigenvalue weighted by atomic mass is 9.79. The third kappa shape index (κ3) is 2.84. The second-order valence-corrected chi connectivity index (χ2v) is 4.77. The highest BCUT2D eigenvalue weighted by Gasteiger charge is 2.35. The molecule has 1 aliphatic rings. The Hall–Kier alpha value is -0.300. The van der Waals surface area contributed by atoms with Crippen LogP contribution in [0.4, 0.5) is 0 Å². The Bertz CT molecular complexity index is 168. The van der Waals surface area contributed by atoms with Gasteiger partial charge >= 0.3 is 0 Å². The topological polar surface area (TPSA) is 3.24 Å². The molecule has 0 aromatic rings. The van der Waals surface area contributed by atoms with Gasteiger partial charge in [-0.25, -0.2) is 0 Å². The van der Waals surface area contributed by atoms with Crippen LogP contribution in [-0.2, 0) is 0 Å². The van der Waals surface area contributed by atoms with E-state index in [9.17, 15) is 0 Å². The van der Waals surface area contributed by atoms with Gasteiger partial charge in [0.25, 0.3) is 0 Å². The van der Waals surface area contributed by atoms with Gasteiger partial charge in [-0.15, -0.1) is 6.58 Å². The van der Waals surface area contributed by atoms with Crippen molar-refractivity contribution in [3.05, 3.63) is 12.7 Å². The number of nitrogens with zero attached hydrogens (tertiary/aromatic N) is 1. The van der Waals surface area contributed by atoms with Crippen molar-refractivity contribution in [2.75, 3.05) is 19.6 Å². The largest absolute Gasteiger partial charge is 0.299 e. The molecule has 1 aliphatic heterocycles. The third-order valence-corrected chi connectivity index (χ3v) is 3.47. The molecule has 0 radical (unpaired) electrons. The van der Waals surface area contributed by atoms with Crippen LogP contribution < -0.4 is 0 Å². The van der Waals surface area contributed by atoms with Gasteiger partial charge in [-0.05, 0) is 31.2 Å². The van der Waals surface area contributed by atoms with Gasteiger partial charge in [-0.2, -0.15) is 0 Å². The van der Waals surface area contributed by atoms with Crippen molar-refractivity contribution >= 4 is 0 Å². The highest BCUT2D eigenvalue weighted by atomic mass is 15.1. The summed E-state index contributed by atoms with van der Waals surface area (Å²) in [6.07, 6.45) is 8.93. The Kier molecular flexibility index (Phi) is 4.67. The Morgan fingerprint density at radius 1 is 1.29 bits per heavy atom. The fourth-order valence-electron chi connectivity index (χ4n) is 2.96. The van der Waals surface area contributed by atoms with Crippen molar-refractivity contribution in [1.82, 2.24) is 4.90 Å². The normalized spacial score (nSPS) is 21.3. The number of hydrogen-bond acceptors (Lipinski definition) is 1. The van der Waals surface area contributed by atoms with E-state index in [2.05, 4.69) is 25.3 Å². The van der Waals surface area contributed by atoms with Crippen LogP contribution in [-0.4, -0.2) is 24.5 Å². The summed E-state index contributed by atoms with van der Waals surface area (Å²) < 4.78 is 0. The van der Waals surface area contributed by atoms with E-state index in [1.165, 1.54) is 45.2 Å². The van der Waals surface area contributed by atoms with Gasteiger partial charge < -0.3 is 0 Å². The molecule has 0 N–H and O–H groups in total. The minimum Gasteiger partial charge on any atom is -0.299 e. The van der Waals surface area contributed by atoms with Crippen molar-refractivity contribution in [3.8, 4) is 0 Å². The monoisotopic (exact) mass is 195 g/mol. The predicted molar refractivity (Wildman–Crippen MR) is 63.5 cm³/mol. The molecule has 0 bridgehead atoms. The SMILES string of the molecule is C=CCN1CCC(CCC)(CCC)C1. The fourth-order valence-corrected chi connectivity index (χ4v) is 2.96. The zero-order chi connectivity index (χ0) is 10.4. The fraction of sp³-hybridized carbons (Fsp3) is 0.846. The molecule has 1 nitrogen and oxygen atoms in total. The summed E-state index contributed by atoms with van der Waals surface area (Å²) in [7, 11) is 0. The molecule has 0 spiro atoms. The van der Waals surface area contributed by atoms with Crippen molar-refractivity contribution in [1.29, 1.82) is 0 Å². The van der Waals surface area contributed by atoms with Crippen molar-refractivity contribution < 1.29 is 0 Å². The van der Waals surface area contributed by atoms with Gasteiger partial charge in [0.05, 0.1) is 0 Å². The maximum absolute atomic E-state index is 3.82. The van der Waals surface area contributed by atoms with Gasteiger partial charge in [0.2, 0.25) is 0 Å². The zero-order valence-corrected chi connectivity index (χ0v) is 9.89. The highest BCUT2D eigenvalue weighted by molar-refractivity contribution is 4.91. The standard InChI is InChI=1S/C13H25N/c1-4-7-13(8-5-2)9-11-14(12-13)10-6-3/h6H,3-5,7-12H2,1-2H3. The number of hydrogen-bond donors (Lipinski definition) is 0. The van der Waals surface area contributed by atoms with Crippen molar-refractivity contribution in [2.24, 2.45) is 5.41 Å². The van der Waals surface area contributed by atoms with Crippen LogP contribution >= 0.6 is 0 Å². The predicted octanol–water partition coefficient (Wildman–Crippen LogP) is 3.46. The quantitative estimate of drug-likeness (QED) is 0.587. The summed E-state index contributed by atoms with van der Waals surface area (Å²) in [5, 5.41) is 0. The third-order valence-electron chi connectivity index (χ3n) is 3.47. The van der Waals surface area contributed by atoms with Gasteiger partial charge in [-0.3, -0.25) is 4.90 Å². The summed E-state index contributed by atoms with van der Waals surface area (Å²) in [4.78, 5) is 2.55. The molecule has 14 heavy (non-hydrogen) atoms. The molecule has 0 amide bonds. The number of likely N-dealkylation sites (tertiary alicyclic amines) is 1. The Morgan fingerprint density at radius 3 is 2.43 bits per heavy atom. The van der Waals surface area contributed by atoms with Gasteiger partial charge in [0.15, 0.2) is 0 Å². The van der Waals surface area contributed by atoms with Gasteiger partial charge in [-0.1, -0.05) is 32.8 Å². The molecule has 1 rings (SSSR count). The lowest BCUT2D eigenvalue weighted by molar-refractivity contribution is 0.229. The lowest BCUT2D eigenvalue weighted by Crippen LogP contribution is -2.27. The Morgan fingerprint density at radius 2 is 1.93 bits per heavy atom. The van der Waals surface area contributed by atoms with E-state index in [0.29, 0.717) is 5.41 Å². The van der Waals surface area contributed by atoms with Crippen LogP contribution in [0.15, 0.2) is 12.7 Å². The van der Waals surface area contributed by atoms with E-state index in [-0.39, 0.29) is 0 Å². The first-order valence-electron chi connectivity index (χ1n) is 6.09. The highest BCUT2D eigenvalue weighted by Crippen LogP contribution is 2.39. The first kappa shape index (κ1) is 11.8. The minimum atomic E-state index is 0.645. The summed E-state index contributed by atoms with van der Waals surface area (Å²) in [6.45, 7) is 12.1. The van der Waals surface area contributed by atoms with Crippen molar-refractivity contribution in [2.45, 2.75) is 46.0 Å². The van der Waals surface area contributed by atoms with E-state index in [0.717, 1.165) is 6.54 Å². The first-order chi connectivity index (χ1) is 6.76. The molecule has 1 saturated heterocycles. The molecule has 0 unspecified atom stereocenters. The van der Waals surface area contributed by atoms with Crippen LogP contribution in [0.5, 0.6) is 0 Å². The van der Waals surface area contributed by atoms with Gasteiger partial charge in [0.1, 0.15) is 0 Å². The second-order valence-electron chi connectivity index (χ2n) is 4.77. The maximum atomic E-state index is 3.82. The van der Waals surface area contributed by atoms with E-state index in [4.69, 9.17) is 0 Å². The molecule has 1 heterocycles. The summed E-state index contributed by atoms with van der Waals surface area (Å²) in [6, 6.07) is 0. The van der Waals surface area contributed by atoms with E-state index in [1.54, 1.807) is 0 Å². The van der Waals surface area contributed by atoms with Gasteiger partial charge in [0, 0.05) is 13.1 Å². The molecule has 0 atom stereocenters. The Labute approximate surface area is 89.2 Å². The van der Waals surface area contributed by atoms with Crippen molar-refractivity contribution in [3.63, 3.8) is 0 Å². The molecular weight excluding hydrogens is 170 g/mol. The smallest absolute Gasteiger partial charge is 0.0160 e. The Balaban J connectivity index is 2.49. The molecular formula is C13H25N. The van der Waals surface area contributed by atoms with E-state index >= 15 is 0 Å². The zero-order valence-electron chi connectivity index (χ0n) is 9.89. The van der Waals surface area contributed by atoms with Crippen LogP contribution in [0.1, 0.15) is 46.0 Å². The summed E-state index contributed by atoms with van der Waals surface area (Å²) >= 11 is 0. The van der Waals surface area contributed by atoms with Crippen LogP contribution in [0, 0.1) is 5.41 Å². The average molecular weight is 195 g/mol. The molecule has 82 valence electrons. The van der Waals surface area contributed by atoms with Crippen LogP contribution in [0.3, 0.4) is 0 Å². The minimum absolute atomic E-state index is 0.645. The average Bonchev–Trinajstić information content (AvgIpc) is 2.51. The molecule has 0 aromatic carbocycles. The summed E-state index contributed by atoms with van der Waals surface area (Å²) in [5.74, 6) is 0. The molecule has 1 heteroatoms. The second kappa shape index (κ2) is 5.55. The number of rotatable bonds is 6. The maximum Gasteiger partial charge on any atom is 0.0160 e.